The van der Waals surface area contributed by atoms with Crippen LogP contribution in [0.25, 0.3) is 0 Å². The van der Waals surface area contributed by atoms with Gasteiger partial charge < -0.3 is 19.3 Å². The number of carbonyl (C=O) groups is 1. The zero-order chi connectivity index (χ0) is 17.5. The summed E-state index contributed by atoms with van der Waals surface area (Å²) in [5, 5.41) is 6.99. The minimum Gasteiger partial charge on any atom is -0.497 e. The van der Waals surface area contributed by atoms with Gasteiger partial charge in [-0.1, -0.05) is 30.6 Å². The number of ether oxygens (including phenoxy) is 2. The summed E-state index contributed by atoms with van der Waals surface area (Å²) in [6.45, 7) is 4.93. The van der Waals surface area contributed by atoms with E-state index in [1.165, 1.54) is 0 Å². The zero-order valence-electron chi connectivity index (χ0n) is 14.0. The number of hydrogen-bond acceptors (Lipinski definition) is 5. The molecular weight excluding hydrogens is 332 g/mol. The number of rotatable bonds is 8. The van der Waals surface area contributed by atoms with Gasteiger partial charge in [-0.2, -0.15) is 0 Å². The summed E-state index contributed by atoms with van der Waals surface area (Å²) in [7, 11) is 1.56. The normalized spacial score (nSPS) is 10.7. The van der Waals surface area contributed by atoms with Crippen LogP contribution in [0.4, 0.5) is 0 Å². The number of nitrogens with zero attached hydrogens (tertiary/aromatic N) is 1. The van der Waals surface area contributed by atoms with Crippen LogP contribution in [0.15, 0.2) is 28.8 Å². The number of amides is 1. The van der Waals surface area contributed by atoms with Gasteiger partial charge in [0.2, 0.25) is 0 Å². The lowest BCUT2D eigenvalue weighted by Gasteiger charge is -2.07. The number of benzene rings is 1. The lowest BCUT2D eigenvalue weighted by atomic mass is 10.1. The summed E-state index contributed by atoms with van der Waals surface area (Å²) in [5.41, 5.74) is 0.234. The minimum atomic E-state index is -0.256. The van der Waals surface area contributed by atoms with E-state index in [-0.39, 0.29) is 18.2 Å². The van der Waals surface area contributed by atoms with Crippen LogP contribution in [0.1, 0.15) is 36.5 Å². The Balaban J connectivity index is 1.88. The molecule has 0 saturated carbocycles. The van der Waals surface area contributed by atoms with Gasteiger partial charge in [-0.05, 0) is 24.5 Å². The molecule has 1 aromatic carbocycles. The van der Waals surface area contributed by atoms with Crippen molar-refractivity contribution in [2.75, 3.05) is 13.7 Å². The highest BCUT2D eigenvalue weighted by Gasteiger charge is 2.13. The molecule has 0 fully saturated rings. The van der Waals surface area contributed by atoms with E-state index < -0.39 is 0 Å². The zero-order valence-corrected chi connectivity index (χ0v) is 14.7. The maximum atomic E-state index is 11.9. The summed E-state index contributed by atoms with van der Waals surface area (Å²) in [6, 6.07) is 6.67. The van der Waals surface area contributed by atoms with Gasteiger partial charge in [-0.15, -0.1) is 0 Å². The van der Waals surface area contributed by atoms with Gasteiger partial charge >= 0.3 is 0 Å². The molecule has 1 aromatic heterocycles. The molecule has 0 bridgehead atoms. The van der Waals surface area contributed by atoms with Crippen LogP contribution in [0.2, 0.25) is 5.02 Å². The van der Waals surface area contributed by atoms with Crippen LogP contribution in [-0.2, 0) is 6.61 Å². The molecule has 7 heteroatoms. The second kappa shape index (κ2) is 8.59. The van der Waals surface area contributed by atoms with Crippen LogP contribution in [-0.4, -0.2) is 24.7 Å². The number of aromatic nitrogens is 1. The van der Waals surface area contributed by atoms with Crippen molar-refractivity contribution in [1.82, 2.24) is 10.5 Å². The highest BCUT2D eigenvalue weighted by molar-refractivity contribution is 6.32. The van der Waals surface area contributed by atoms with Gasteiger partial charge in [0.1, 0.15) is 18.1 Å². The molecule has 2 rings (SSSR count). The van der Waals surface area contributed by atoms with Crippen molar-refractivity contribution in [3.63, 3.8) is 0 Å². The molecule has 0 unspecified atom stereocenters. The summed E-state index contributed by atoms with van der Waals surface area (Å²) < 4.78 is 15.8. The Morgan fingerprint density at radius 3 is 2.83 bits per heavy atom. The molecule has 1 amide bonds. The Hall–Kier alpha value is -2.21. The number of hydrogen-bond donors (Lipinski definition) is 1. The first kappa shape index (κ1) is 18.1. The first-order valence-corrected chi connectivity index (χ1v) is 8.07. The van der Waals surface area contributed by atoms with Crippen molar-refractivity contribution < 1.29 is 18.8 Å². The molecule has 0 aliphatic heterocycles. The second-order valence-corrected chi connectivity index (χ2v) is 6.11. The standard InChI is InChI=1S/C17H21ClN2O4/c1-11(2)6-7-19-17(21)15-9-13(24-20-15)10-23-16-5-4-12(22-3)8-14(16)18/h4-5,8-9,11H,6-7,10H2,1-3H3,(H,19,21). The number of halogens is 1. The van der Waals surface area contributed by atoms with E-state index in [2.05, 4.69) is 24.3 Å². The smallest absolute Gasteiger partial charge is 0.273 e. The maximum absolute atomic E-state index is 11.9. The summed E-state index contributed by atoms with van der Waals surface area (Å²) in [4.78, 5) is 11.9. The summed E-state index contributed by atoms with van der Waals surface area (Å²) >= 11 is 6.10. The lowest BCUT2D eigenvalue weighted by Crippen LogP contribution is -2.25. The lowest BCUT2D eigenvalue weighted by molar-refractivity contribution is 0.0942. The fraction of sp³-hybridized carbons (Fsp3) is 0.412. The monoisotopic (exact) mass is 352 g/mol. The van der Waals surface area contributed by atoms with Gasteiger partial charge in [0.15, 0.2) is 11.5 Å². The van der Waals surface area contributed by atoms with E-state index in [1.807, 2.05) is 0 Å². The Bertz CT molecular complexity index is 685. The van der Waals surface area contributed by atoms with Crippen LogP contribution in [0, 0.1) is 5.92 Å². The van der Waals surface area contributed by atoms with E-state index >= 15 is 0 Å². The fourth-order valence-electron chi connectivity index (χ4n) is 1.93. The van der Waals surface area contributed by atoms with Crippen molar-refractivity contribution in [2.24, 2.45) is 5.92 Å². The van der Waals surface area contributed by atoms with Crippen LogP contribution in [0.3, 0.4) is 0 Å². The molecule has 6 nitrogen and oxygen atoms in total. The van der Waals surface area contributed by atoms with Crippen molar-refractivity contribution in [2.45, 2.75) is 26.9 Å². The summed E-state index contributed by atoms with van der Waals surface area (Å²) in [5.74, 6) is 1.86. The van der Waals surface area contributed by atoms with Crippen molar-refractivity contribution >= 4 is 17.5 Å². The highest BCUT2D eigenvalue weighted by atomic mass is 35.5. The third kappa shape index (κ3) is 5.16. The largest absolute Gasteiger partial charge is 0.497 e. The Kier molecular flexibility index (Phi) is 6.49. The maximum Gasteiger partial charge on any atom is 0.273 e. The number of carbonyl (C=O) groups excluding carboxylic acids is 1. The molecule has 0 aliphatic rings. The van der Waals surface area contributed by atoms with Crippen LogP contribution < -0.4 is 14.8 Å². The van der Waals surface area contributed by atoms with Gasteiger partial charge in [0.05, 0.1) is 12.1 Å². The Morgan fingerprint density at radius 2 is 2.17 bits per heavy atom. The fourth-order valence-corrected chi connectivity index (χ4v) is 2.15. The van der Waals surface area contributed by atoms with Crippen molar-refractivity contribution in [3.05, 3.63) is 40.7 Å². The predicted molar refractivity (Wildman–Crippen MR) is 90.6 cm³/mol. The third-order valence-electron chi connectivity index (χ3n) is 3.31. The molecule has 1 N–H and O–H groups in total. The van der Waals surface area contributed by atoms with E-state index in [1.54, 1.807) is 31.4 Å². The average Bonchev–Trinajstić information content (AvgIpc) is 3.02. The number of methoxy groups -OCH3 is 1. The van der Waals surface area contributed by atoms with E-state index in [0.29, 0.717) is 34.7 Å². The first-order valence-electron chi connectivity index (χ1n) is 7.69. The Morgan fingerprint density at radius 1 is 1.38 bits per heavy atom. The van der Waals surface area contributed by atoms with Gasteiger partial charge in [0.25, 0.3) is 5.91 Å². The second-order valence-electron chi connectivity index (χ2n) is 5.70. The van der Waals surface area contributed by atoms with E-state index in [4.69, 9.17) is 25.6 Å². The molecule has 2 aromatic rings. The quantitative estimate of drug-likeness (QED) is 0.784. The van der Waals surface area contributed by atoms with Crippen LogP contribution in [0.5, 0.6) is 11.5 Å². The van der Waals surface area contributed by atoms with Crippen molar-refractivity contribution in [3.8, 4) is 11.5 Å². The molecule has 0 spiro atoms. The summed E-state index contributed by atoms with van der Waals surface area (Å²) in [6.07, 6.45) is 0.912. The van der Waals surface area contributed by atoms with Gasteiger partial charge in [-0.25, -0.2) is 0 Å². The topological polar surface area (TPSA) is 73.6 Å². The Labute approximate surface area is 146 Å². The molecule has 0 radical (unpaired) electrons. The van der Waals surface area contributed by atoms with Crippen LogP contribution >= 0.6 is 11.6 Å². The van der Waals surface area contributed by atoms with E-state index in [9.17, 15) is 4.79 Å². The molecule has 1 heterocycles. The first-order chi connectivity index (χ1) is 11.5. The predicted octanol–water partition coefficient (Wildman–Crippen LogP) is 3.69. The molecular formula is C17H21ClN2O4. The van der Waals surface area contributed by atoms with E-state index in [0.717, 1.165) is 6.42 Å². The SMILES string of the molecule is COc1ccc(OCc2cc(C(=O)NCCC(C)C)no2)c(Cl)c1. The molecule has 0 atom stereocenters. The number of nitrogens with one attached hydrogen (secondary N) is 1. The molecule has 0 saturated heterocycles. The molecule has 24 heavy (non-hydrogen) atoms. The highest BCUT2D eigenvalue weighted by Crippen LogP contribution is 2.29. The molecule has 0 aliphatic carbocycles. The minimum absolute atomic E-state index is 0.123. The van der Waals surface area contributed by atoms with Crippen molar-refractivity contribution in [1.29, 1.82) is 0 Å². The average molecular weight is 353 g/mol. The third-order valence-corrected chi connectivity index (χ3v) is 3.60. The molecule has 130 valence electrons. The van der Waals surface area contributed by atoms with Gasteiger partial charge in [-0.3, -0.25) is 4.79 Å². The van der Waals surface area contributed by atoms with Gasteiger partial charge in [0, 0.05) is 18.7 Å².